The number of esters is 1. The number of amides is 2. The Balaban J connectivity index is 1.90. The number of nitrogens with one attached hydrogen (secondary N) is 1. The molecule has 2 amide bonds. The van der Waals surface area contributed by atoms with Crippen molar-refractivity contribution in [2.45, 2.75) is 19.8 Å². The maximum absolute atomic E-state index is 13.0. The Bertz CT molecular complexity index is 1030. The van der Waals surface area contributed by atoms with Gasteiger partial charge in [-0.1, -0.05) is 60.3 Å². The summed E-state index contributed by atoms with van der Waals surface area (Å²) in [6.07, 6.45) is 1.57. The molecule has 1 N–H and O–H groups in total. The zero-order chi connectivity index (χ0) is 21.8. The number of nitrogens with zero attached hydrogens (tertiary/aromatic N) is 1. The first kappa shape index (κ1) is 22.2. The molecule has 156 valence electrons. The van der Waals surface area contributed by atoms with E-state index in [2.05, 4.69) is 5.32 Å². The molecule has 30 heavy (non-hydrogen) atoms. The summed E-state index contributed by atoms with van der Waals surface area (Å²) in [6.45, 7) is 2.21. The number of unbranched alkanes of at least 4 members (excludes halogenated alkanes) is 1. The molecule has 0 aliphatic carbocycles. The molecule has 6 nitrogen and oxygen atoms in total. The quantitative estimate of drug-likeness (QED) is 0.336. The highest BCUT2D eigenvalue weighted by Crippen LogP contribution is 2.33. The number of halogens is 3. The molecule has 1 heterocycles. The fourth-order valence-corrected chi connectivity index (χ4v) is 3.57. The molecule has 2 aromatic rings. The number of carbonyl (C=O) groups excluding carboxylic acids is 3. The van der Waals surface area contributed by atoms with Crippen LogP contribution in [0.2, 0.25) is 10.0 Å². The van der Waals surface area contributed by atoms with E-state index in [1.165, 1.54) is 30.3 Å². The highest BCUT2D eigenvalue weighted by molar-refractivity contribution is 6.53. The third kappa shape index (κ3) is 4.61. The fraction of sp³-hybridized carbons (Fsp3) is 0.190. The minimum absolute atomic E-state index is 0.0896. The maximum atomic E-state index is 13.0. The van der Waals surface area contributed by atoms with Gasteiger partial charge in [-0.15, -0.1) is 0 Å². The minimum atomic E-state index is -0.758. The molecule has 1 aliphatic rings. The summed E-state index contributed by atoms with van der Waals surface area (Å²) in [5, 5.41) is 3.16. The van der Waals surface area contributed by atoms with Gasteiger partial charge in [0.15, 0.2) is 0 Å². The van der Waals surface area contributed by atoms with Gasteiger partial charge in [-0.2, -0.15) is 0 Å². The Morgan fingerprint density at radius 1 is 1.03 bits per heavy atom. The first-order valence-electron chi connectivity index (χ1n) is 9.11. The largest absolute Gasteiger partial charge is 0.462 e. The van der Waals surface area contributed by atoms with E-state index in [4.69, 9.17) is 39.5 Å². The number of hydrogen-bond donors (Lipinski definition) is 1. The van der Waals surface area contributed by atoms with Gasteiger partial charge < -0.3 is 10.1 Å². The second-order valence-corrected chi connectivity index (χ2v) is 7.68. The lowest BCUT2D eigenvalue weighted by atomic mass is 10.1. The molecule has 9 heteroatoms. The van der Waals surface area contributed by atoms with Gasteiger partial charge in [0.2, 0.25) is 0 Å². The number of ether oxygens (including phenoxy) is 1. The van der Waals surface area contributed by atoms with Crippen molar-refractivity contribution < 1.29 is 19.1 Å². The summed E-state index contributed by atoms with van der Waals surface area (Å²) >= 11 is 18.1. The van der Waals surface area contributed by atoms with E-state index >= 15 is 0 Å². The normalized spacial score (nSPS) is 13.8. The van der Waals surface area contributed by atoms with Gasteiger partial charge in [0, 0.05) is 15.7 Å². The smallest absolute Gasteiger partial charge is 0.340 e. The molecule has 0 bridgehead atoms. The van der Waals surface area contributed by atoms with Gasteiger partial charge in [0.25, 0.3) is 11.8 Å². The van der Waals surface area contributed by atoms with E-state index in [0.29, 0.717) is 22.2 Å². The van der Waals surface area contributed by atoms with Crippen molar-refractivity contribution in [3.05, 3.63) is 68.8 Å². The second kappa shape index (κ2) is 9.51. The Kier molecular flexibility index (Phi) is 7.02. The van der Waals surface area contributed by atoms with Crippen LogP contribution in [0, 0.1) is 0 Å². The maximum Gasteiger partial charge on any atom is 0.340 e. The molecule has 0 atom stereocenters. The predicted octanol–water partition coefficient (Wildman–Crippen LogP) is 5.39. The van der Waals surface area contributed by atoms with E-state index in [1.54, 1.807) is 12.1 Å². The molecular weight excluding hydrogens is 451 g/mol. The SMILES string of the molecule is CCCCOC(=O)c1ccccc1N1C(=O)C(Cl)=C(Nc2cc(Cl)cc(Cl)c2)C1=O. The van der Waals surface area contributed by atoms with Gasteiger partial charge in [0.1, 0.15) is 10.7 Å². The van der Waals surface area contributed by atoms with Crippen LogP contribution >= 0.6 is 34.8 Å². The Hall–Kier alpha value is -2.54. The molecule has 3 rings (SSSR count). The molecule has 0 radical (unpaired) electrons. The van der Waals surface area contributed by atoms with Crippen molar-refractivity contribution in [2.24, 2.45) is 0 Å². The third-order valence-electron chi connectivity index (χ3n) is 4.26. The van der Waals surface area contributed by atoms with Gasteiger partial charge in [0.05, 0.1) is 17.9 Å². The van der Waals surface area contributed by atoms with Crippen molar-refractivity contribution in [2.75, 3.05) is 16.8 Å². The molecule has 0 saturated carbocycles. The summed E-state index contributed by atoms with van der Waals surface area (Å²) < 4.78 is 5.24. The second-order valence-electron chi connectivity index (χ2n) is 6.42. The van der Waals surface area contributed by atoms with Crippen molar-refractivity contribution in [1.82, 2.24) is 0 Å². The van der Waals surface area contributed by atoms with Crippen LogP contribution < -0.4 is 10.2 Å². The topological polar surface area (TPSA) is 75.7 Å². The van der Waals surface area contributed by atoms with Crippen molar-refractivity contribution in [3.63, 3.8) is 0 Å². The van der Waals surface area contributed by atoms with Crippen LogP contribution in [-0.4, -0.2) is 24.4 Å². The number of benzene rings is 2. The van der Waals surface area contributed by atoms with E-state index in [9.17, 15) is 14.4 Å². The van der Waals surface area contributed by atoms with Crippen molar-refractivity contribution in [3.8, 4) is 0 Å². The Labute approximate surface area is 188 Å². The molecule has 0 saturated heterocycles. The first-order valence-corrected chi connectivity index (χ1v) is 10.2. The molecule has 0 aromatic heterocycles. The van der Waals surface area contributed by atoms with Crippen LogP contribution in [0.1, 0.15) is 30.1 Å². The van der Waals surface area contributed by atoms with Crippen molar-refractivity contribution in [1.29, 1.82) is 0 Å². The third-order valence-corrected chi connectivity index (χ3v) is 5.04. The summed E-state index contributed by atoms with van der Waals surface area (Å²) in [6, 6.07) is 10.8. The Morgan fingerprint density at radius 3 is 2.37 bits per heavy atom. The standard InChI is InChI=1S/C21H17Cl3N2O4/c1-2-3-8-30-21(29)15-6-4-5-7-16(15)26-19(27)17(24)18(20(26)28)25-14-10-12(22)9-13(23)11-14/h4-7,9-11,25H,2-3,8H2,1H3. The highest BCUT2D eigenvalue weighted by atomic mass is 35.5. The number of carbonyl (C=O) groups is 3. The van der Waals surface area contributed by atoms with Crippen LogP contribution in [0.4, 0.5) is 11.4 Å². The fourth-order valence-electron chi connectivity index (χ4n) is 2.83. The number of para-hydroxylation sites is 1. The lowest BCUT2D eigenvalue weighted by Gasteiger charge is -2.18. The summed E-state index contributed by atoms with van der Waals surface area (Å²) in [4.78, 5) is 39.1. The lowest BCUT2D eigenvalue weighted by Crippen LogP contribution is -2.33. The van der Waals surface area contributed by atoms with Gasteiger partial charge in [-0.05, 0) is 36.8 Å². The van der Waals surface area contributed by atoms with Crippen molar-refractivity contribution >= 4 is 64.0 Å². The van der Waals surface area contributed by atoms with E-state index < -0.39 is 17.8 Å². The van der Waals surface area contributed by atoms with Crippen LogP contribution in [0.3, 0.4) is 0 Å². The number of rotatable bonds is 7. The first-order chi connectivity index (χ1) is 14.3. The number of imide groups is 1. The molecule has 0 fully saturated rings. The minimum Gasteiger partial charge on any atom is -0.462 e. The average Bonchev–Trinajstić information content (AvgIpc) is 2.90. The Morgan fingerprint density at radius 2 is 1.70 bits per heavy atom. The number of hydrogen-bond acceptors (Lipinski definition) is 5. The highest BCUT2D eigenvalue weighted by Gasteiger charge is 2.40. The van der Waals surface area contributed by atoms with Crippen LogP contribution in [-0.2, 0) is 14.3 Å². The number of anilines is 2. The van der Waals surface area contributed by atoms with Crippen LogP contribution in [0.25, 0.3) is 0 Å². The van der Waals surface area contributed by atoms with E-state index in [-0.39, 0.29) is 28.6 Å². The van der Waals surface area contributed by atoms with Crippen LogP contribution in [0.5, 0.6) is 0 Å². The van der Waals surface area contributed by atoms with E-state index in [0.717, 1.165) is 11.3 Å². The summed E-state index contributed by atoms with van der Waals surface area (Å²) in [5.41, 5.74) is 0.421. The van der Waals surface area contributed by atoms with Gasteiger partial charge in [-0.25, -0.2) is 9.69 Å². The average molecular weight is 468 g/mol. The lowest BCUT2D eigenvalue weighted by molar-refractivity contribution is -0.120. The van der Waals surface area contributed by atoms with Gasteiger partial charge in [-0.3, -0.25) is 9.59 Å². The van der Waals surface area contributed by atoms with Crippen LogP contribution in [0.15, 0.2) is 53.2 Å². The zero-order valence-electron chi connectivity index (χ0n) is 15.9. The van der Waals surface area contributed by atoms with E-state index in [1.807, 2.05) is 6.92 Å². The zero-order valence-corrected chi connectivity index (χ0v) is 18.1. The molecule has 0 unspecified atom stereocenters. The van der Waals surface area contributed by atoms with Gasteiger partial charge >= 0.3 is 5.97 Å². The molecule has 0 spiro atoms. The predicted molar refractivity (Wildman–Crippen MR) is 117 cm³/mol. The molecule has 2 aromatic carbocycles. The molecular formula is C21H17Cl3N2O4. The monoisotopic (exact) mass is 466 g/mol. The summed E-state index contributed by atoms with van der Waals surface area (Å²) in [5.74, 6) is -2.10. The molecule has 1 aliphatic heterocycles. The summed E-state index contributed by atoms with van der Waals surface area (Å²) in [7, 11) is 0.